The van der Waals surface area contributed by atoms with Gasteiger partial charge >= 0.3 is 0 Å². The Balaban J connectivity index is 1.31. The average Bonchev–Trinajstić information content (AvgIpc) is 3.52. The van der Waals surface area contributed by atoms with E-state index < -0.39 is 0 Å². The third-order valence-corrected chi connectivity index (χ3v) is 9.35. The van der Waals surface area contributed by atoms with Gasteiger partial charge in [0.2, 0.25) is 0 Å². The van der Waals surface area contributed by atoms with Gasteiger partial charge in [0.25, 0.3) is 0 Å². The molecule has 0 fully saturated rings. The molecule has 7 rings (SSSR count). The third kappa shape index (κ3) is 5.14. The molecule has 1 unspecified atom stereocenters. The van der Waals surface area contributed by atoms with Crippen LogP contribution in [0.1, 0.15) is 75.9 Å². The molecule has 0 radical (unpaired) electrons. The van der Waals surface area contributed by atoms with E-state index in [1.807, 2.05) is 18.3 Å². The number of fused-ring (bicyclic) bond motifs is 3. The van der Waals surface area contributed by atoms with Crippen molar-refractivity contribution in [2.45, 2.75) is 72.6 Å². The zero-order chi connectivity index (χ0) is 31.5. The van der Waals surface area contributed by atoms with Gasteiger partial charge in [-0.2, -0.15) is 5.10 Å². The molecule has 5 nitrogen and oxygen atoms in total. The monoisotopic (exact) mass is 594 g/mol. The molecule has 0 saturated carbocycles. The van der Waals surface area contributed by atoms with E-state index in [9.17, 15) is 0 Å². The van der Waals surface area contributed by atoms with Crippen LogP contribution in [0, 0.1) is 19.8 Å². The zero-order valence-corrected chi connectivity index (χ0v) is 27.4. The number of aromatic nitrogens is 4. The summed E-state index contributed by atoms with van der Waals surface area (Å²) in [4.78, 5) is 4.73. The smallest absolute Gasteiger partial charge is 0.137 e. The summed E-state index contributed by atoms with van der Waals surface area (Å²) >= 11 is 0. The summed E-state index contributed by atoms with van der Waals surface area (Å²) in [6.07, 6.45) is 6.67. The summed E-state index contributed by atoms with van der Waals surface area (Å²) < 4.78 is 11.0. The van der Waals surface area contributed by atoms with Gasteiger partial charge < -0.3 is 4.74 Å². The zero-order valence-electron chi connectivity index (χ0n) is 27.4. The number of benzene rings is 3. The van der Waals surface area contributed by atoms with E-state index >= 15 is 0 Å². The van der Waals surface area contributed by atoms with Crippen LogP contribution in [0.25, 0.3) is 33.3 Å². The SMILES string of the molecule is CC1=CCC[C@H](C)C1c1c(C)nn(-c2cccc(Oc3ccc4c5ccccc5n(-c5cc(C)ccn5)c4c3)c2)c1C(C)(C)C. The number of nitrogens with zero attached hydrogens (tertiary/aromatic N) is 4. The van der Waals surface area contributed by atoms with Gasteiger partial charge in [-0.15, -0.1) is 0 Å². The second kappa shape index (κ2) is 11.1. The van der Waals surface area contributed by atoms with Crippen molar-refractivity contribution in [3.8, 4) is 23.0 Å². The van der Waals surface area contributed by atoms with Crippen molar-refractivity contribution in [3.05, 3.63) is 119 Å². The molecule has 3 aromatic heterocycles. The van der Waals surface area contributed by atoms with Crippen LogP contribution in [-0.4, -0.2) is 19.3 Å². The van der Waals surface area contributed by atoms with Gasteiger partial charge in [-0.3, -0.25) is 4.57 Å². The lowest BCUT2D eigenvalue weighted by Gasteiger charge is -2.32. The summed E-state index contributed by atoms with van der Waals surface area (Å²) in [5.74, 6) is 3.43. The molecular formula is C40H42N4O. The van der Waals surface area contributed by atoms with Crippen molar-refractivity contribution in [2.75, 3.05) is 0 Å². The van der Waals surface area contributed by atoms with Gasteiger partial charge in [0, 0.05) is 46.0 Å². The highest BCUT2D eigenvalue weighted by Crippen LogP contribution is 2.45. The Morgan fingerprint density at radius 1 is 0.822 bits per heavy atom. The maximum absolute atomic E-state index is 6.59. The number of pyridine rings is 1. The molecule has 1 aliphatic carbocycles. The van der Waals surface area contributed by atoms with Gasteiger partial charge in [0.05, 0.1) is 28.1 Å². The molecule has 2 atom stereocenters. The summed E-state index contributed by atoms with van der Waals surface area (Å²) in [6.45, 7) is 15.9. The van der Waals surface area contributed by atoms with Gasteiger partial charge in [-0.25, -0.2) is 9.67 Å². The Hall–Kier alpha value is -4.64. The lowest BCUT2D eigenvalue weighted by molar-refractivity contribution is 0.437. The molecule has 6 aromatic rings. The molecular weight excluding hydrogens is 552 g/mol. The van der Waals surface area contributed by atoms with Crippen LogP contribution in [0.3, 0.4) is 0 Å². The molecule has 0 N–H and O–H groups in total. The van der Waals surface area contributed by atoms with Crippen molar-refractivity contribution in [2.24, 2.45) is 5.92 Å². The van der Waals surface area contributed by atoms with E-state index in [1.165, 1.54) is 39.6 Å². The highest BCUT2D eigenvalue weighted by molar-refractivity contribution is 6.09. The summed E-state index contributed by atoms with van der Waals surface area (Å²) in [6, 6.07) is 27.3. The highest BCUT2D eigenvalue weighted by atomic mass is 16.5. The predicted octanol–water partition coefficient (Wildman–Crippen LogP) is 10.5. The second-order valence-electron chi connectivity index (χ2n) is 13.8. The van der Waals surface area contributed by atoms with Crippen LogP contribution >= 0.6 is 0 Å². The molecule has 0 spiro atoms. The quantitative estimate of drug-likeness (QED) is 0.187. The fourth-order valence-corrected chi connectivity index (χ4v) is 7.37. The highest BCUT2D eigenvalue weighted by Gasteiger charge is 2.35. The Kier molecular flexibility index (Phi) is 7.15. The van der Waals surface area contributed by atoms with Crippen LogP contribution in [0.15, 0.2) is 96.7 Å². The minimum absolute atomic E-state index is 0.0901. The second-order valence-corrected chi connectivity index (χ2v) is 13.8. The Labute approximate surface area is 266 Å². The van der Waals surface area contributed by atoms with Gasteiger partial charge in [-0.1, -0.05) is 63.6 Å². The predicted molar refractivity (Wildman–Crippen MR) is 185 cm³/mol. The number of hydrogen-bond donors (Lipinski definition) is 0. The van der Waals surface area contributed by atoms with Crippen LogP contribution in [0.4, 0.5) is 0 Å². The van der Waals surface area contributed by atoms with E-state index in [2.05, 4.69) is 131 Å². The van der Waals surface area contributed by atoms with Gasteiger partial charge in [-0.05, 0) is 87.6 Å². The van der Waals surface area contributed by atoms with Crippen LogP contribution < -0.4 is 4.74 Å². The molecule has 1 aliphatic rings. The maximum Gasteiger partial charge on any atom is 0.137 e. The van der Waals surface area contributed by atoms with Gasteiger partial charge in [0.1, 0.15) is 17.3 Å². The van der Waals surface area contributed by atoms with E-state index in [1.54, 1.807) is 0 Å². The third-order valence-electron chi connectivity index (χ3n) is 9.35. The van der Waals surface area contributed by atoms with E-state index in [4.69, 9.17) is 14.8 Å². The van der Waals surface area contributed by atoms with Gasteiger partial charge in [0.15, 0.2) is 0 Å². The van der Waals surface area contributed by atoms with Crippen molar-refractivity contribution < 1.29 is 4.74 Å². The average molecular weight is 595 g/mol. The van der Waals surface area contributed by atoms with Crippen molar-refractivity contribution >= 4 is 21.8 Å². The Morgan fingerprint density at radius 2 is 1.60 bits per heavy atom. The Morgan fingerprint density at radius 3 is 2.38 bits per heavy atom. The fourth-order valence-electron chi connectivity index (χ4n) is 7.37. The van der Waals surface area contributed by atoms with Crippen molar-refractivity contribution in [1.82, 2.24) is 19.3 Å². The fraction of sp³-hybridized carbons (Fsp3) is 0.300. The first-order valence-corrected chi connectivity index (χ1v) is 16.1. The lowest BCUT2D eigenvalue weighted by Crippen LogP contribution is -2.24. The number of para-hydroxylation sites is 1. The first-order valence-electron chi connectivity index (χ1n) is 16.1. The van der Waals surface area contributed by atoms with Crippen molar-refractivity contribution in [3.63, 3.8) is 0 Å². The molecule has 0 saturated heterocycles. The first-order chi connectivity index (χ1) is 21.6. The van der Waals surface area contributed by atoms with Crippen LogP contribution in [0.2, 0.25) is 0 Å². The van der Waals surface area contributed by atoms with Crippen LogP contribution in [-0.2, 0) is 5.41 Å². The summed E-state index contributed by atoms with van der Waals surface area (Å²) in [5.41, 5.74) is 9.53. The topological polar surface area (TPSA) is 44.9 Å². The van der Waals surface area contributed by atoms with E-state index in [-0.39, 0.29) is 5.41 Å². The molecule has 0 amide bonds. The summed E-state index contributed by atoms with van der Waals surface area (Å²) in [7, 11) is 0. The number of rotatable bonds is 5. The lowest BCUT2D eigenvalue weighted by atomic mass is 9.72. The molecule has 228 valence electrons. The minimum atomic E-state index is -0.0901. The number of allylic oxidation sites excluding steroid dienone is 2. The van der Waals surface area contributed by atoms with E-state index in [0.717, 1.165) is 46.2 Å². The van der Waals surface area contributed by atoms with Crippen molar-refractivity contribution in [1.29, 1.82) is 0 Å². The molecule has 45 heavy (non-hydrogen) atoms. The maximum atomic E-state index is 6.59. The number of hydrogen-bond acceptors (Lipinski definition) is 3. The first kappa shape index (κ1) is 29.1. The largest absolute Gasteiger partial charge is 0.457 e. The number of ether oxygens (including phenoxy) is 1. The normalized spacial score (nSPS) is 17.2. The standard InChI is InChI=1S/C40H42N4O/c1-25-20-21-41-36(22-25)43-34-17-9-8-16-32(34)33-19-18-31(24-35(33)43)45-30-15-11-14-29(23-30)44-39(40(5,6)7)38(28(4)42-44)37-26(2)12-10-13-27(37)3/h8-9,11-12,14-24,27,37H,10,13H2,1-7H3/t27-,37?/m0/s1. The molecule has 0 bridgehead atoms. The summed E-state index contributed by atoms with van der Waals surface area (Å²) in [5, 5.41) is 7.55. The molecule has 3 heterocycles. The number of aryl methyl sites for hydroxylation is 2. The molecule has 0 aliphatic heterocycles. The molecule has 3 aromatic carbocycles. The van der Waals surface area contributed by atoms with Crippen LogP contribution in [0.5, 0.6) is 11.5 Å². The van der Waals surface area contributed by atoms with E-state index in [0.29, 0.717) is 11.8 Å². The Bertz CT molecular complexity index is 2090. The minimum Gasteiger partial charge on any atom is -0.457 e. The molecule has 5 heteroatoms.